The number of thiazole rings is 1. The van der Waals surface area contributed by atoms with Gasteiger partial charge in [0.05, 0.1) is 6.54 Å². The molecule has 0 radical (unpaired) electrons. The topological polar surface area (TPSA) is 57.8 Å². The molecule has 5 nitrogen and oxygen atoms in total. The number of rotatable bonds is 4. The molecule has 0 atom stereocenters. The summed E-state index contributed by atoms with van der Waals surface area (Å²) in [5.41, 5.74) is 6.45. The smallest absolute Gasteiger partial charge is 0.191 e. The van der Waals surface area contributed by atoms with Crippen LogP contribution in [-0.2, 0) is 5.41 Å². The molecule has 2 N–H and O–H groups in total. The summed E-state index contributed by atoms with van der Waals surface area (Å²) in [4.78, 5) is 13.2. The lowest BCUT2D eigenvalue weighted by atomic mass is 9.84. The Hall–Kier alpha value is -1.42. The van der Waals surface area contributed by atoms with Gasteiger partial charge in [-0.3, -0.25) is 4.99 Å². The summed E-state index contributed by atoms with van der Waals surface area (Å²) in [5.74, 6) is 0.335. The number of hydrogen-bond acceptors (Lipinski definition) is 4. The molecule has 0 unspecified atom stereocenters. The Labute approximate surface area is 175 Å². The number of aromatic nitrogens is 1. The first kappa shape index (κ1) is 20.9. The van der Waals surface area contributed by atoms with Gasteiger partial charge in [-0.1, -0.05) is 32.0 Å². The van der Waals surface area contributed by atoms with Gasteiger partial charge in [0.25, 0.3) is 0 Å². The van der Waals surface area contributed by atoms with Gasteiger partial charge in [0.2, 0.25) is 0 Å². The zero-order valence-electron chi connectivity index (χ0n) is 15.1. The van der Waals surface area contributed by atoms with Crippen molar-refractivity contribution in [2.24, 2.45) is 10.7 Å². The molecule has 2 heterocycles. The molecule has 1 aromatic heterocycles. The van der Waals surface area contributed by atoms with E-state index >= 15 is 0 Å². The molecule has 142 valence electrons. The molecule has 0 bridgehead atoms. The molecule has 0 amide bonds. The highest BCUT2D eigenvalue weighted by Gasteiger charge is 2.25. The number of nitrogens with zero attached hydrogens (tertiary/aromatic N) is 4. The van der Waals surface area contributed by atoms with Gasteiger partial charge in [0.1, 0.15) is 5.82 Å². The summed E-state index contributed by atoms with van der Waals surface area (Å²) in [6, 6.07) is 6.86. The van der Waals surface area contributed by atoms with Crippen molar-refractivity contribution in [1.82, 2.24) is 9.88 Å². The number of piperazine rings is 1. The van der Waals surface area contributed by atoms with E-state index < -0.39 is 5.41 Å². The first-order chi connectivity index (χ1) is 12.0. The van der Waals surface area contributed by atoms with Crippen LogP contribution in [0.2, 0.25) is 0 Å². The standard InChI is InChI=1S/C18H24FN5S.HI/c1-18(2,14-5-3-4-6-15(14)19)13-22-16(20)23-8-10-24(11-9-23)17-21-7-12-25-17;/h3-7,12H,8-11,13H2,1-2H3,(H2,20,22);1H. The fourth-order valence-corrected chi connectivity index (χ4v) is 3.67. The number of hydrogen-bond donors (Lipinski definition) is 1. The number of aliphatic imine (C=N–C) groups is 1. The Morgan fingerprint density at radius 2 is 1.96 bits per heavy atom. The number of anilines is 1. The zero-order valence-corrected chi connectivity index (χ0v) is 18.2. The third-order valence-electron chi connectivity index (χ3n) is 4.53. The van der Waals surface area contributed by atoms with E-state index in [9.17, 15) is 4.39 Å². The number of benzene rings is 1. The predicted octanol–water partition coefficient (Wildman–Crippen LogP) is 3.31. The van der Waals surface area contributed by atoms with Crippen LogP contribution in [0, 0.1) is 5.82 Å². The second kappa shape index (κ2) is 8.98. The summed E-state index contributed by atoms with van der Waals surface area (Å²) >= 11 is 1.65. The molecule has 1 fully saturated rings. The lowest BCUT2D eigenvalue weighted by molar-refractivity contribution is 0.378. The highest BCUT2D eigenvalue weighted by molar-refractivity contribution is 14.0. The minimum Gasteiger partial charge on any atom is -0.370 e. The maximum absolute atomic E-state index is 14.0. The van der Waals surface area contributed by atoms with E-state index in [2.05, 4.69) is 19.8 Å². The molecule has 0 saturated carbocycles. The van der Waals surface area contributed by atoms with Crippen molar-refractivity contribution in [3.8, 4) is 0 Å². The molecule has 1 aromatic carbocycles. The van der Waals surface area contributed by atoms with Crippen LogP contribution < -0.4 is 10.6 Å². The summed E-state index contributed by atoms with van der Waals surface area (Å²) < 4.78 is 14.0. The van der Waals surface area contributed by atoms with E-state index in [1.54, 1.807) is 17.4 Å². The maximum atomic E-state index is 14.0. The largest absolute Gasteiger partial charge is 0.370 e. The molecule has 1 aliphatic heterocycles. The monoisotopic (exact) mass is 489 g/mol. The van der Waals surface area contributed by atoms with E-state index in [0.29, 0.717) is 18.1 Å². The van der Waals surface area contributed by atoms with Crippen LogP contribution in [0.1, 0.15) is 19.4 Å². The van der Waals surface area contributed by atoms with E-state index in [0.717, 1.165) is 31.3 Å². The highest BCUT2D eigenvalue weighted by atomic mass is 127. The molecular weight excluding hydrogens is 464 g/mol. The second-order valence-corrected chi connectivity index (χ2v) is 7.70. The van der Waals surface area contributed by atoms with Gasteiger partial charge in [-0.25, -0.2) is 9.37 Å². The van der Waals surface area contributed by atoms with E-state index in [1.807, 2.05) is 37.6 Å². The molecule has 26 heavy (non-hydrogen) atoms. The number of halogens is 2. The first-order valence-corrected chi connectivity index (χ1v) is 9.30. The molecular formula is C18H25FIN5S. The van der Waals surface area contributed by atoms with E-state index in [1.165, 1.54) is 6.07 Å². The number of nitrogens with two attached hydrogens (primary N) is 1. The molecule has 8 heteroatoms. The van der Waals surface area contributed by atoms with Crippen molar-refractivity contribution in [3.05, 3.63) is 47.2 Å². The van der Waals surface area contributed by atoms with Crippen molar-refractivity contribution in [2.75, 3.05) is 37.6 Å². The van der Waals surface area contributed by atoms with Crippen LogP contribution in [0.5, 0.6) is 0 Å². The third-order valence-corrected chi connectivity index (χ3v) is 5.37. The lowest BCUT2D eigenvalue weighted by Crippen LogP contribution is -2.51. The SMILES string of the molecule is CC(C)(CN=C(N)N1CCN(c2nccs2)CC1)c1ccccc1F.I. The van der Waals surface area contributed by atoms with Crippen molar-refractivity contribution in [2.45, 2.75) is 19.3 Å². The highest BCUT2D eigenvalue weighted by Crippen LogP contribution is 2.26. The van der Waals surface area contributed by atoms with E-state index in [4.69, 9.17) is 5.73 Å². The van der Waals surface area contributed by atoms with Crippen LogP contribution in [0.3, 0.4) is 0 Å². The van der Waals surface area contributed by atoms with Gasteiger partial charge in [-0.15, -0.1) is 35.3 Å². The van der Waals surface area contributed by atoms with E-state index in [-0.39, 0.29) is 29.8 Å². The van der Waals surface area contributed by atoms with Gasteiger partial charge in [0, 0.05) is 43.2 Å². The van der Waals surface area contributed by atoms with Crippen LogP contribution in [-0.4, -0.2) is 48.6 Å². The van der Waals surface area contributed by atoms with Crippen LogP contribution in [0.25, 0.3) is 0 Å². The predicted molar refractivity (Wildman–Crippen MR) is 117 cm³/mol. The minimum atomic E-state index is -0.404. The van der Waals surface area contributed by atoms with Crippen molar-refractivity contribution >= 4 is 46.4 Å². The molecule has 2 aromatic rings. The van der Waals surface area contributed by atoms with Crippen molar-refractivity contribution in [3.63, 3.8) is 0 Å². The third kappa shape index (κ3) is 4.85. The Kier molecular flexibility index (Phi) is 7.22. The average Bonchev–Trinajstić information content (AvgIpc) is 3.15. The normalized spacial score (nSPS) is 15.7. The van der Waals surface area contributed by atoms with Crippen molar-refractivity contribution < 1.29 is 4.39 Å². The summed E-state index contributed by atoms with van der Waals surface area (Å²) in [6.07, 6.45) is 1.83. The van der Waals surface area contributed by atoms with Gasteiger partial charge in [-0.05, 0) is 11.6 Å². The maximum Gasteiger partial charge on any atom is 0.191 e. The average molecular weight is 489 g/mol. The Bertz CT molecular complexity index is 727. The van der Waals surface area contributed by atoms with Crippen LogP contribution >= 0.6 is 35.3 Å². The van der Waals surface area contributed by atoms with Crippen molar-refractivity contribution in [1.29, 1.82) is 0 Å². The van der Waals surface area contributed by atoms with Crippen LogP contribution in [0.15, 0.2) is 40.8 Å². The number of guanidine groups is 1. The second-order valence-electron chi connectivity index (χ2n) is 6.83. The fourth-order valence-electron chi connectivity index (χ4n) is 2.97. The van der Waals surface area contributed by atoms with Gasteiger partial charge in [0.15, 0.2) is 11.1 Å². The van der Waals surface area contributed by atoms with Gasteiger partial charge in [-0.2, -0.15) is 0 Å². The Morgan fingerprint density at radius 3 is 2.58 bits per heavy atom. The zero-order chi connectivity index (χ0) is 17.9. The molecule has 0 aliphatic carbocycles. The Morgan fingerprint density at radius 1 is 1.27 bits per heavy atom. The first-order valence-electron chi connectivity index (χ1n) is 8.42. The van der Waals surface area contributed by atoms with Crippen LogP contribution in [0.4, 0.5) is 9.52 Å². The molecule has 3 rings (SSSR count). The summed E-state index contributed by atoms with van der Waals surface area (Å²) in [7, 11) is 0. The Balaban J connectivity index is 0.00000243. The van der Waals surface area contributed by atoms with Gasteiger partial charge < -0.3 is 15.5 Å². The van der Waals surface area contributed by atoms with Gasteiger partial charge >= 0.3 is 0 Å². The fraction of sp³-hybridized carbons (Fsp3) is 0.444. The molecule has 1 aliphatic rings. The summed E-state index contributed by atoms with van der Waals surface area (Å²) in [5, 5.41) is 3.04. The molecule has 1 saturated heterocycles. The molecule has 0 spiro atoms. The minimum absolute atomic E-state index is 0. The lowest BCUT2D eigenvalue weighted by Gasteiger charge is -2.35. The quantitative estimate of drug-likeness (QED) is 0.407. The summed E-state index contributed by atoms with van der Waals surface area (Å²) in [6.45, 7) is 7.81.